The second-order valence-electron chi connectivity index (χ2n) is 7.46. The largest absolute Gasteiger partial charge is 0.513 e. The Morgan fingerprint density at radius 3 is 2.25 bits per heavy atom. The normalized spacial score (nSPS) is 13.9. The van der Waals surface area contributed by atoms with E-state index < -0.39 is 6.16 Å². The third-order valence-corrected chi connectivity index (χ3v) is 5.49. The molecule has 2 aromatic carbocycles. The quantitative estimate of drug-likeness (QED) is 0.479. The molecular weight excluding hydrogens is 432 g/mol. The van der Waals surface area contributed by atoms with Crippen molar-refractivity contribution in [3.05, 3.63) is 64.7 Å². The van der Waals surface area contributed by atoms with Crippen LogP contribution in [0.3, 0.4) is 0 Å². The molecule has 1 heterocycles. The molecule has 1 aliphatic rings. The summed E-state index contributed by atoms with van der Waals surface area (Å²) in [7, 11) is 0. The van der Waals surface area contributed by atoms with E-state index in [-0.39, 0.29) is 18.4 Å². The maximum atomic E-state index is 12.9. The van der Waals surface area contributed by atoms with Crippen molar-refractivity contribution in [2.75, 3.05) is 32.8 Å². The lowest BCUT2D eigenvalue weighted by atomic mass is 10.1. The standard InChI is InChI=1S/C24H27ClN2O5/c1-2-31-24(30)32-21-11-7-19(8-12-21)23(29)27-15-3-14-26(16-17-27)22(28)13-6-18-4-9-20(25)10-5-18/h4-5,7-12H,2-3,6,13-17H2,1H3. The average Bonchev–Trinajstić information content (AvgIpc) is 3.05. The highest BCUT2D eigenvalue weighted by Gasteiger charge is 2.23. The lowest BCUT2D eigenvalue weighted by Gasteiger charge is -2.22. The second-order valence-corrected chi connectivity index (χ2v) is 7.90. The minimum atomic E-state index is -0.778. The van der Waals surface area contributed by atoms with E-state index in [4.69, 9.17) is 21.1 Å². The average molecular weight is 459 g/mol. The van der Waals surface area contributed by atoms with E-state index in [1.165, 1.54) is 0 Å². The number of carbonyl (C=O) groups is 3. The van der Waals surface area contributed by atoms with Crippen molar-refractivity contribution < 1.29 is 23.9 Å². The maximum absolute atomic E-state index is 12.9. The van der Waals surface area contributed by atoms with Crippen LogP contribution in [0.25, 0.3) is 0 Å². The highest BCUT2D eigenvalue weighted by Crippen LogP contribution is 2.16. The highest BCUT2D eigenvalue weighted by molar-refractivity contribution is 6.30. The molecule has 2 amide bonds. The Bertz CT molecular complexity index is 930. The third-order valence-electron chi connectivity index (χ3n) is 5.24. The molecule has 0 spiro atoms. The molecule has 0 unspecified atom stereocenters. The van der Waals surface area contributed by atoms with Gasteiger partial charge in [0.15, 0.2) is 0 Å². The summed E-state index contributed by atoms with van der Waals surface area (Å²) in [5, 5.41) is 0.679. The zero-order valence-corrected chi connectivity index (χ0v) is 18.8. The number of ether oxygens (including phenoxy) is 2. The first kappa shape index (κ1) is 23.6. The molecule has 1 aliphatic heterocycles. The van der Waals surface area contributed by atoms with Gasteiger partial charge in [-0.2, -0.15) is 0 Å². The van der Waals surface area contributed by atoms with Gasteiger partial charge in [0.05, 0.1) is 6.61 Å². The Balaban J connectivity index is 1.50. The van der Waals surface area contributed by atoms with Crippen molar-refractivity contribution >= 4 is 29.6 Å². The summed E-state index contributed by atoms with van der Waals surface area (Å²) < 4.78 is 9.75. The monoisotopic (exact) mass is 458 g/mol. The minimum absolute atomic E-state index is 0.0923. The zero-order chi connectivity index (χ0) is 22.9. The van der Waals surface area contributed by atoms with Crippen molar-refractivity contribution in [2.45, 2.75) is 26.2 Å². The molecule has 0 aliphatic carbocycles. The minimum Gasteiger partial charge on any atom is -0.434 e. The van der Waals surface area contributed by atoms with Crippen LogP contribution < -0.4 is 4.74 Å². The predicted octanol–water partition coefficient (Wildman–Crippen LogP) is 4.18. The Morgan fingerprint density at radius 1 is 0.906 bits per heavy atom. The predicted molar refractivity (Wildman–Crippen MR) is 121 cm³/mol. The van der Waals surface area contributed by atoms with Crippen LogP contribution in [0, 0.1) is 0 Å². The van der Waals surface area contributed by atoms with Crippen LogP contribution in [-0.4, -0.2) is 60.6 Å². The van der Waals surface area contributed by atoms with Crippen LogP contribution in [0.15, 0.2) is 48.5 Å². The summed E-state index contributed by atoms with van der Waals surface area (Å²) in [6, 6.07) is 13.9. The summed E-state index contributed by atoms with van der Waals surface area (Å²) in [6.45, 7) is 4.13. The first-order chi connectivity index (χ1) is 15.5. The molecule has 7 nitrogen and oxygen atoms in total. The van der Waals surface area contributed by atoms with Crippen LogP contribution in [0.2, 0.25) is 5.02 Å². The smallest absolute Gasteiger partial charge is 0.434 e. The number of hydrogen-bond donors (Lipinski definition) is 0. The van der Waals surface area contributed by atoms with Gasteiger partial charge in [-0.05, 0) is 61.7 Å². The van der Waals surface area contributed by atoms with Gasteiger partial charge in [-0.15, -0.1) is 0 Å². The van der Waals surface area contributed by atoms with E-state index in [9.17, 15) is 14.4 Å². The first-order valence-corrected chi connectivity index (χ1v) is 11.1. The van der Waals surface area contributed by atoms with Gasteiger partial charge in [0.1, 0.15) is 5.75 Å². The fraction of sp³-hybridized carbons (Fsp3) is 0.375. The lowest BCUT2D eigenvalue weighted by molar-refractivity contribution is -0.131. The molecule has 1 saturated heterocycles. The molecule has 0 aromatic heterocycles. The Labute approximate surface area is 192 Å². The molecule has 32 heavy (non-hydrogen) atoms. The van der Waals surface area contributed by atoms with Crippen LogP contribution in [0.5, 0.6) is 5.75 Å². The van der Waals surface area contributed by atoms with Crippen molar-refractivity contribution in [1.29, 1.82) is 0 Å². The summed E-state index contributed by atoms with van der Waals surface area (Å²) in [5.74, 6) is 0.297. The molecule has 0 saturated carbocycles. The number of nitrogens with zero attached hydrogens (tertiary/aromatic N) is 2. The molecule has 1 fully saturated rings. The van der Waals surface area contributed by atoms with E-state index >= 15 is 0 Å². The molecular formula is C24H27ClN2O5. The molecule has 3 rings (SSSR count). The summed E-state index contributed by atoms with van der Waals surface area (Å²) in [4.78, 5) is 40.5. The molecule has 0 bridgehead atoms. The van der Waals surface area contributed by atoms with E-state index in [1.54, 1.807) is 36.1 Å². The van der Waals surface area contributed by atoms with Crippen LogP contribution in [0.1, 0.15) is 35.7 Å². The molecule has 0 N–H and O–H groups in total. The molecule has 170 valence electrons. The molecule has 0 radical (unpaired) electrons. The number of aryl methyl sites for hydroxylation is 1. The van der Waals surface area contributed by atoms with Crippen molar-refractivity contribution in [1.82, 2.24) is 9.80 Å². The number of carbonyl (C=O) groups excluding carboxylic acids is 3. The van der Waals surface area contributed by atoms with Crippen LogP contribution in [-0.2, 0) is 16.0 Å². The number of halogens is 1. The highest BCUT2D eigenvalue weighted by atomic mass is 35.5. The van der Waals surface area contributed by atoms with Gasteiger partial charge in [0, 0.05) is 43.2 Å². The fourth-order valence-corrected chi connectivity index (χ4v) is 3.65. The summed E-state index contributed by atoms with van der Waals surface area (Å²) in [5.41, 5.74) is 1.58. The molecule has 8 heteroatoms. The van der Waals surface area contributed by atoms with E-state index in [0.717, 1.165) is 12.0 Å². The van der Waals surface area contributed by atoms with E-state index in [2.05, 4.69) is 0 Å². The van der Waals surface area contributed by atoms with Gasteiger partial charge in [-0.25, -0.2) is 4.79 Å². The van der Waals surface area contributed by atoms with Crippen molar-refractivity contribution in [3.63, 3.8) is 0 Å². The van der Waals surface area contributed by atoms with Gasteiger partial charge in [0.2, 0.25) is 5.91 Å². The van der Waals surface area contributed by atoms with Gasteiger partial charge in [-0.3, -0.25) is 9.59 Å². The van der Waals surface area contributed by atoms with Crippen molar-refractivity contribution in [2.24, 2.45) is 0 Å². The van der Waals surface area contributed by atoms with Crippen LogP contribution >= 0.6 is 11.6 Å². The van der Waals surface area contributed by atoms with Gasteiger partial charge >= 0.3 is 6.16 Å². The number of benzene rings is 2. The Hall–Kier alpha value is -3.06. The van der Waals surface area contributed by atoms with Gasteiger partial charge in [-0.1, -0.05) is 23.7 Å². The van der Waals surface area contributed by atoms with Crippen molar-refractivity contribution in [3.8, 4) is 5.75 Å². The third kappa shape index (κ3) is 6.72. The van der Waals surface area contributed by atoms with E-state index in [1.807, 2.05) is 29.2 Å². The number of hydrogen-bond acceptors (Lipinski definition) is 5. The molecule has 2 aromatic rings. The summed E-state index contributed by atoms with van der Waals surface area (Å²) in [6.07, 6.45) is 1.04. The van der Waals surface area contributed by atoms with Gasteiger partial charge < -0.3 is 19.3 Å². The Morgan fingerprint density at radius 2 is 1.56 bits per heavy atom. The zero-order valence-electron chi connectivity index (χ0n) is 18.1. The number of amides is 2. The number of rotatable bonds is 6. The van der Waals surface area contributed by atoms with E-state index in [0.29, 0.717) is 55.4 Å². The lowest BCUT2D eigenvalue weighted by Crippen LogP contribution is -2.37. The van der Waals surface area contributed by atoms with Gasteiger partial charge in [0.25, 0.3) is 5.91 Å². The second kappa shape index (κ2) is 11.5. The molecule has 0 atom stereocenters. The first-order valence-electron chi connectivity index (χ1n) is 10.7. The maximum Gasteiger partial charge on any atom is 0.513 e. The Kier molecular flexibility index (Phi) is 8.50. The topological polar surface area (TPSA) is 76.2 Å². The summed E-state index contributed by atoms with van der Waals surface area (Å²) >= 11 is 5.90. The van der Waals surface area contributed by atoms with Crippen LogP contribution in [0.4, 0.5) is 4.79 Å². The fourth-order valence-electron chi connectivity index (χ4n) is 3.52. The SMILES string of the molecule is CCOC(=O)Oc1ccc(C(=O)N2CCCN(C(=O)CCc3ccc(Cl)cc3)CC2)cc1.